The number of hydrogen-bond donors (Lipinski definition) is 2. The predicted octanol–water partition coefficient (Wildman–Crippen LogP) is 1.99. The molecule has 14 heavy (non-hydrogen) atoms. The average Bonchev–Trinajstić information content (AvgIpc) is 2.76. The minimum Gasteiger partial charge on any atom is -0.369 e. The number of nitrogens with one attached hydrogen (secondary N) is 1. The first-order chi connectivity index (χ1) is 6.83. The van der Waals surface area contributed by atoms with Crippen molar-refractivity contribution in [1.82, 2.24) is 15.0 Å². The summed E-state index contributed by atoms with van der Waals surface area (Å²) < 4.78 is 0. The lowest BCUT2D eigenvalue weighted by Crippen LogP contribution is -1.85. The normalized spacial score (nSPS) is 16.0. The predicted molar refractivity (Wildman–Crippen MR) is 56.1 cm³/mol. The summed E-state index contributed by atoms with van der Waals surface area (Å²) in [5.41, 5.74) is 7.37. The Morgan fingerprint density at radius 2 is 2.36 bits per heavy atom. The molecule has 1 aliphatic carbocycles. The van der Waals surface area contributed by atoms with E-state index in [1.54, 1.807) is 17.5 Å². The molecule has 5 heteroatoms. The van der Waals surface area contributed by atoms with Crippen LogP contribution in [0.25, 0.3) is 11.4 Å². The van der Waals surface area contributed by atoms with Crippen molar-refractivity contribution in [3.8, 4) is 11.4 Å². The third-order valence-electron chi connectivity index (χ3n) is 2.32. The molecule has 1 saturated carbocycles. The molecule has 0 aliphatic heterocycles. The van der Waals surface area contributed by atoms with Crippen LogP contribution in [0.4, 0.5) is 5.95 Å². The van der Waals surface area contributed by atoms with Crippen LogP contribution in [-0.4, -0.2) is 15.0 Å². The van der Waals surface area contributed by atoms with Gasteiger partial charge in [0, 0.05) is 11.3 Å². The molecular weight excluding hydrogens is 196 g/mol. The van der Waals surface area contributed by atoms with E-state index in [4.69, 9.17) is 5.73 Å². The van der Waals surface area contributed by atoms with Crippen LogP contribution < -0.4 is 5.73 Å². The van der Waals surface area contributed by atoms with E-state index < -0.39 is 0 Å². The van der Waals surface area contributed by atoms with E-state index in [1.165, 1.54) is 17.8 Å². The summed E-state index contributed by atoms with van der Waals surface area (Å²) in [4.78, 5) is 11.5. The van der Waals surface area contributed by atoms with Gasteiger partial charge in [0.2, 0.25) is 0 Å². The maximum atomic E-state index is 5.50. The zero-order valence-electron chi connectivity index (χ0n) is 7.53. The van der Waals surface area contributed by atoms with Crippen LogP contribution in [0.2, 0.25) is 0 Å². The maximum absolute atomic E-state index is 5.50. The SMILES string of the molecule is Nc1ncc(-c2csc(C3CC3)n2)[nH]1. The third-order valence-corrected chi connectivity index (χ3v) is 3.33. The second-order valence-electron chi connectivity index (χ2n) is 3.53. The van der Waals surface area contributed by atoms with Crippen molar-refractivity contribution in [2.24, 2.45) is 0 Å². The van der Waals surface area contributed by atoms with Gasteiger partial charge in [-0.2, -0.15) is 0 Å². The van der Waals surface area contributed by atoms with E-state index in [0.29, 0.717) is 11.9 Å². The van der Waals surface area contributed by atoms with Crippen LogP contribution in [0, 0.1) is 0 Å². The van der Waals surface area contributed by atoms with E-state index in [9.17, 15) is 0 Å². The Morgan fingerprint density at radius 1 is 1.50 bits per heavy atom. The highest BCUT2D eigenvalue weighted by Gasteiger charge is 2.26. The van der Waals surface area contributed by atoms with Crippen molar-refractivity contribution in [2.75, 3.05) is 5.73 Å². The largest absolute Gasteiger partial charge is 0.369 e. The number of anilines is 1. The van der Waals surface area contributed by atoms with Crippen LogP contribution in [0.15, 0.2) is 11.6 Å². The van der Waals surface area contributed by atoms with Gasteiger partial charge in [0.25, 0.3) is 0 Å². The van der Waals surface area contributed by atoms with Crippen molar-refractivity contribution >= 4 is 17.3 Å². The van der Waals surface area contributed by atoms with E-state index in [0.717, 1.165) is 11.4 Å². The summed E-state index contributed by atoms with van der Waals surface area (Å²) in [6.45, 7) is 0. The van der Waals surface area contributed by atoms with Gasteiger partial charge in [0.15, 0.2) is 5.95 Å². The first-order valence-corrected chi connectivity index (χ1v) is 5.47. The molecule has 0 spiro atoms. The van der Waals surface area contributed by atoms with Gasteiger partial charge in [-0.15, -0.1) is 11.3 Å². The molecule has 4 nitrogen and oxygen atoms in total. The average molecular weight is 206 g/mol. The lowest BCUT2D eigenvalue weighted by molar-refractivity contribution is 1.08. The molecule has 0 unspecified atom stereocenters. The fraction of sp³-hybridized carbons (Fsp3) is 0.333. The first-order valence-electron chi connectivity index (χ1n) is 4.59. The van der Waals surface area contributed by atoms with E-state index >= 15 is 0 Å². The molecule has 2 heterocycles. The van der Waals surface area contributed by atoms with Crippen molar-refractivity contribution in [2.45, 2.75) is 18.8 Å². The summed E-state index contributed by atoms with van der Waals surface area (Å²) in [7, 11) is 0. The summed E-state index contributed by atoms with van der Waals surface area (Å²) in [6.07, 6.45) is 4.30. The highest BCUT2D eigenvalue weighted by molar-refractivity contribution is 7.10. The lowest BCUT2D eigenvalue weighted by Gasteiger charge is -1.88. The number of nitrogens with two attached hydrogens (primary N) is 1. The molecule has 2 aromatic heterocycles. The van der Waals surface area contributed by atoms with Crippen LogP contribution in [0.5, 0.6) is 0 Å². The molecule has 0 bridgehead atoms. The Bertz CT molecular complexity index is 455. The van der Waals surface area contributed by atoms with Gasteiger partial charge in [-0.05, 0) is 12.8 Å². The fourth-order valence-electron chi connectivity index (χ4n) is 1.40. The van der Waals surface area contributed by atoms with Crippen molar-refractivity contribution in [1.29, 1.82) is 0 Å². The van der Waals surface area contributed by atoms with Crippen molar-refractivity contribution in [3.05, 3.63) is 16.6 Å². The van der Waals surface area contributed by atoms with Crippen LogP contribution >= 0.6 is 11.3 Å². The van der Waals surface area contributed by atoms with Crippen LogP contribution in [-0.2, 0) is 0 Å². The minimum atomic E-state index is 0.445. The van der Waals surface area contributed by atoms with Gasteiger partial charge >= 0.3 is 0 Å². The monoisotopic (exact) mass is 206 g/mol. The molecular formula is C9H10N4S. The van der Waals surface area contributed by atoms with Crippen LogP contribution in [0.1, 0.15) is 23.8 Å². The van der Waals surface area contributed by atoms with Gasteiger partial charge in [-0.25, -0.2) is 9.97 Å². The summed E-state index contributed by atoms with van der Waals surface area (Å²) in [5, 5.41) is 3.30. The number of H-pyrrole nitrogens is 1. The number of thiazole rings is 1. The molecule has 0 radical (unpaired) electrons. The highest BCUT2D eigenvalue weighted by atomic mass is 32.1. The third kappa shape index (κ3) is 1.29. The number of imidazole rings is 1. The van der Waals surface area contributed by atoms with Gasteiger partial charge in [0.05, 0.1) is 22.6 Å². The Kier molecular flexibility index (Phi) is 1.61. The highest BCUT2D eigenvalue weighted by Crippen LogP contribution is 2.42. The number of aromatic amines is 1. The molecule has 3 rings (SSSR count). The molecule has 2 aromatic rings. The summed E-state index contributed by atoms with van der Waals surface area (Å²) >= 11 is 1.72. The zero-order chi connectivity index (χ0) is 9.54. The van der Waals surface area contributed by atoms with Crippen molar-refractivity contribution < 1.29 is 0 Å². The topological polar surface area (TPSA) is 67.6 Å². The molecule has 0 aromatic carbocycles. The number of aromatic nitrogens is 3. The van der Waals surface area contributed by atoms with Crippen LogP contribution in [0.3, 0.4) is 0 Å². The second kappa shape index (κ2) is 2.81. The molecule has 1 aliphatic rings. The first kappa shape index (κ1) is 7.99. The van der Waals surface area contributed by atoms with Gasteiger partial charge in [-0.1, -0.05) is 0 Å². The molecule has 3 N–H and O–H groups in total. The van der Waals surface area contributed by atoms with Gasteiger partial charge in [0.1, 0.15) is 0 Å². The second-order valence-corrected chi connectivity index (χ2v) is 4.42. The van der Waals surface area contributed by atoms with E-state index in [2.05, 4.69) is 20.3 Å². The zero-order valence-corrected chi connectivity index (χ0v) is 8.34. The van der Waals surface area contributed by atoms with Gasteiger partial charge < -0.3 is 10.7 Å². The molecule has 72 valence electrons. The Morgan fingerprint density at radius 3 is 3.00 bits per heavy atom. The smallest absolute Gasteiger partial charge is 0.197 e. The Labute approximate surface area is 85.2 Å². The minimum absolute atomic E-state index is 0.445. The number of hydrogen-bond acceptors (Lipinski definition) is 4. The Hall–Kier alpha value is -1.36. The summed E-state index contributed by atoms with van der Waals surface area (Å²) in [6, 6.07) is 0. The number of nitrogen functional groups attached to an aromatic ring is 1. The van der Waals surface area contributed by atoms with E-state index in [-0.39, 0.29) is 0 Å². The number of rotatable bonds is 2. The maximum Gasteiger partial charge on any atom is 0.197 e. The molecule has 1 fully saturated rings. The molecule has 0 amide bonds. The standard InChI is InChI=1S/C9H10N4S/c10-9-11-3-6(13-9)7-4-14-8(12-7)5-1-2-5/h3-5H,1-2H2,(H3,10,11,13). The number of nitrogens with zero attached hydrogens (tertiary/aromatic N) is 2. The molecule has 0 atom stereocenters. The van der Waals surface area contributed by atoms with E-state index in [1.807, 2.05) is 0 Å². The lowest BCUT2D eigenvalue weighted by atomic mass is 10.4. The fourth-order valence-corrected chi connectivity index (χ4v) is 2.39. The molecule has 0 saturated heterocycles. The quantitative estimate of drug-likeness (QED) is 0.789. The Balaban J connectivity index is 1.95. The van der Waals surface area contributed by atoms with Crippen molar-refractivity contribution in [3.63, 3.8) is 0 Å². The van der Waals surface area contributed by atoms with Gasteiger partial charge in [-0.3, -0.25) is 0 Å². The summed E-state index contributed by atoms with van der Waals surface area (Å²) in [5.74, 6) is 1.16.